The van der Waals surface area contributed by atoms with E-state index in [4.69, 9.17) is 4.74 Å². The second-order valence-corrected chi connectivity index (χ2v) is 5.74. The van der Waals surface area contributed by atoms with Crippen molar-refractivity contribution in [1.82, 2.24) is 24.5 Å². The Bertz CT molecular complexity index is 718. The molecule has 1 unspecified atom stereocenters. The Morgan fingerprint density at radius 2 is 2.17 bits per heavy atom. The van der Waals surface area contributed by atoms with Gasteiger partial charge in [-0.15, -0.1) is 5.10 Å². The van der Waals surface area contributed by atoms with Crippen molar-refractivity contribution < 1.29 is 23.0 Å². The molecule has 0 bridgehead atoms. The Morgan fingerprint density at radius 1 is 1.38 bits per heavy atom. The number of hydrogen-bond donors (Lipinski definition) is 1. The molecule has 2 aromatic rings. The monoisotopic (exact) mass is 345 g/mol. The lowest BCUT2D eigenvalue weighted by Crippen LogP contribution is -2.22. The summed E-state index contributed by atoms with van der Waals surface area (Å²) in [6.07, 6.45) is -3.75. The van der Waals surface area contributed by atoms with Crippen molar-refractivity contribution in [2.45, 2.75) is 26.1 Å². The standard InChI is InChI=1S/C14H18F3N5O2/c1-2-24-11-5-10(7-21-4-3-9(6-21)8-23)18-13-19-12(14(15,16)17)20-22(11)13/h5,9,23H,2-4,6-8H2,1H3. The molecule has 0 aliphatic carbocycles. The minimum atomic E-state index is -4.64. The van der Waals surface area contributed by atoms with Crippen LogP contribution in [0.5, 0.6) is 5.88 Å². The second kappa shape index (κ2) is 6.52. The molecule has 2 aromatic heterocycles. The van der Waals surface area contributed by atoms with Gasteiger partial charge in [-0.1, -0.05) is 0 Å². The molecule has 1 aliphatic heterocycles. The first-order chi connectivity index (χ1) is 11.4. The Kier molecular flexibility index (Phi) is 4.59. The third kappa shape index (κ3) is 3.44. The number of halogens is 3. The number of alkyl halides is 3. The molecule has 0 amide bonds. The van der Waals surface area contributed by atoms with Gasteiger partial charge in [0.15, 0.2) is 0 Å². The van der Waals surface area contributed by atoms with Crippen LogP contribution in [0.4, 0.5) is 13.2 Å². The SMILES string of the molecule is CCOc1cc(CN2CCC(CO)C2)nc2nc(C(F)(F)F)nn12. The van der Waals surface area contributed by atoms with Crippen LogP contribution in [-0.4, -0.2) is 55.9 Å². The molecule has 3 rings (SSSR count). The van der Waals surface area contributed by atoms with Gasteiger partial charge in [0.2, 0.25) is 5.88 Å². The first kappa shape index (κ1) is 16.9. The summed E-state index contributed by atoms with van der Waals surface area (Å²) in [5.74, 6) is -0.973. The predicted octanol–water partition coefficient (Wildman–Crippen LogP) is 1.36. The second-order valence-electron chi connectivity index (χ2n) is 5.74. The smallest absolute Gasteiger partial charge is 0.453 e. The summed E-state index contributed by atoms with van der Waals surface area (Å²) in [6, 6.07) is 1.58. The maximum absolute atomic E-state index is 12.8. The van der Waals surface area contributed by atoms with E-state index in [0.29, 0.717) is 12.2 Å². The first-order valence-corrected chi connectivity index (χ1v) is 7.70. The van der Waals surface area contributed by atoms with Gasteiger partial charge in [0.25, 0.3) is 11.6 Å². The number of ether oxygens (including phenoxy) is 1. The van der Waals surface area contributed by atoms with Crippen LogP contribution in [0.1, 0.15) is 24.9 Å². The third-order valence-electron chi connectivity index (χ3n) is 3.89. The highest BCUT2D eigenvalue weighted by Gasteiger charge is 2.37. The average Bonchev–Trinajstić information content (AvgIpc) is 3.13. The van der Waals surface area contributed by atoms with Crippen molar-refractivity contribution in [1.29, 1.82) is 0 Å². The van der Waals surface area contributed by atoms with Crippen molar-refractivity contribution in [3.8, 4) is 5.88 Å². The number of likely N-dealkylation sites (tertiary alicyclic amines) is 1. The van der Waals surface area contributed by atoms with E-state index in [1.807, 2.05) is 0 Å². The zero-order chi connectivity index (χ0) is 17.3. The lowest BCUT2D eigenvalue weighted by molar-refractivity contribution is -0.144. The minimum Gasteiger partial charge on any atom is -0.478 e. The highest BCUT2D eigenvalue weighted by atomic mass is 19.4. The number of hydrogen-bond acceptors (Lipinski definition) is 6. The number of fused-ring (bicyclic) bond motifs is 1. The molecule has 132 valence electrons. The summed E-state index contributed by atoms with van der Waals surface area (Å²) >= 11 is 0. The van der Waals surface area contributed by atoms with E-state index in [1.165, 1.54) is 0 Å². The van der Waals surface area contributed by atoms with Gasteiger partial charge in [-0.25, -0.2) is 4.98 Å². The highest BCUT2D eigenvalue weighted by Crippen LogP contribution is 2.28. The molecule has 10 heteroatoms. The molecule has 24 heavy (non-hydrogen) atoms. The fraction of sp³-hybridized carbons (Fsp3) is 0.643. The van der Waals surface area contributed by atoms with Gasteiger partial charge in [0.1, 0.15) is 0 Å². The van der Waals surface area contributed by atoms with Gasteiger partial charge in [-0.2, -0.15) is 22.7 Å². The Balaban J connectivity index is 1.91. The van der Waals surface area contributed by atoms with Crippen molar-refractivity contribution in [2.75, 3.05) is 26.3 Å². The van der Waals surface area contributed by atoms with Crippen LogP contribution in [0.15, 0.2) is 6.07 Å². The lowest BCUT2D eigenvalue weighted by Gasteiger charge is -2.15. The topological polar surface area (TPSA) is 75.8 Å². The lowest BCUT2D eigenvalue weighted by atomic mass is 10.1. The third-order valence-corrected chi connectivity index (χ3v) is 3.89. The van der Waals surface area contributed by atoms with E-state index in [0.717, 1.165) is 24.0 Å². The van der Waals surface area contributed by atoms with Crippen molar-refractivity contribution in [2.24, 2.45) is 5.92 Å². The summed E-state index contributed by atoms with van der Waals surface area (Å²) in [7, 11) is 0. The van der Waals surface area contributed by atoms with E-state index in [1.54, 1.807) is 13.0 Å². The number of aromatic nitrogens is 4. The van der Waals surface area contributed by atoms with Gasteiger partial charge in [-0.05, 0) is 25.8 Å². The zero-order valence-corrected chi connectivity index (χ0v) is 13.1. The molecule has 1 saturated heterocycles. The summed E-state index contributed by atoms with van der Waals surface area (Å²) in [5.41, 5.74) is 0.561. The van der Waals surface area contributed by atoms with Crippen LogP contribution >= 0.6 is 0 Å². The van der Waals surface area contributed by atoms with Crippen molar-refractivity contribution >= 4 is 5.78 Å². The molecule has 3 heterocycles. The predicted molar refractivity (Wildman–Crippen MR) is 77.4 cm³/mol. The Hall–Kier alpha value is -1.94. The van der Waals surface area contributed by atoms with Gasteiger partial charge >= 0.3 is 6.18 Å². The van der Waals surface area contributed by atoms with Gasteiger partial charge in [-0.3, -0.25) is 4.90 Å². The molecular formula is C14H18F3N5O2. The summed E-state index contributed by atoms with van der Waals surface area (Å²) < 4.78 is 44.8. The van der Waals surface area contributed by atoms with Crippen molar-refractivity contribution in [3.05, 3.63) is 17.6 Å². The van der Waals surface area contributed by atoms with E-state index >= 15 is 0 Å². The largest absolute Gasteiger partial charge is 0.478 e. The zero-order valence-electron chi connectivity index (χ0n) is 13.1. The summed E-state index contributed by atoms with van der Waals surface area (Å²) in [5, 5.41) is 12.6. The van der Waals surface area contributed by atoms with Crippen LogP contribution in [-0.2, 0) is 12.7 Å². The molecule has 0 aromatic carbocycles. The summed E-state index contributed by atoms with van der Waals surface area (Å²) in [4.78, 5) is 9.74. The van der Waals surface area contributed by atoms with Crippen LogP contribution in [0, 0.1) is 5.92 Å². The minimum absolute atomic E-state index is 0.131. The van der Waals surface area contributed by atoms with E-state index in [2.05, 4.69) is 20.0 Å². The molecule has 1 fully saturated rings. The van der Waals surface area contributed by atoms with Crippen LogP contribution in [0.3, 0.4) is 0 Å². The number of nitrogens with zero attached hydrogens (tertiary/aromatic N) is 5. The maximum Gasteiger partial charge on any atom is 0.453 e. The average molecular weight is 345 g/mol. The highest BCUT2D eigenvalue weighted by molar-refractivity contribution is 5.35. The van der Waals surface area contributed by atoms with Crippen LogP contribution < -0.4 is 4.74 Å². The van der Waals surface area contributed by atoms with Crippen molar-refractivity contribution in [3.63, 3.8) is 0 Å². The molecule has 1 atom stereocenters. The fourth-order valence-electron chi connectivity index (χ4n) is 2.77. The molecule has 0 saturated carbocycles. The molecule has 0 spiro atoms. The number of aliphatic hydroxyl groups excluding tert-OH is 1. The van der Waals surface area contributed by atoms with Gasteiger partial charge in [0.05, 0.1) is 12.3 Å². The number of aliphatic hydroxyl groups is 1. The van der Waals surface area contributed by atoms with E-state index < -0.39 is 12.0 Å². The molecule has 1 N–H and O–H groups in total. The Labute approximate surface area is 136 Å². The van der Waals surface area contributed by atoms with E-state index in [9.17, 15) is 18.3 Å². The van der Waals surface area contributed by atoms with Crippen LogP contribution in [0.25, 0.3) is 5.78 Å². The molecule has 1 aliphatic rings. The van der Waals surface area contributed by atoms with E-state index in [-0.39, 0.29) is 30.8 Å². The van der Waals surface area contributed by atoms with Crippen LogP contribution in [0.2, 0.25) is 0 Å². The number of rotatable bonds is 5. The first-order valence-electron chi connectivity index (χ1n) is 7.70. The molecule has 0 radical (unpaired) electrons. The maximum atomic E-state index is 12.8. The Morgan fingerprint density at radius 3 is 2.79 bits per heavy atom. The fourth-order valence-corrected chi connectivity index (χ4v) is 2.77. The normalized spacial score (nSPS) is 19.3. The quantitative estimate of drug-likeness (QED) is 0.882. The molecule has 7 nitrogen and oxygen atoms in total. The summed E-state index contributed by atoms with van der Waals surface area (Å²) in [6.45, 7) is 4.15. The van der Waals surface area contributed by atoms with Gasteiger partial charge in [0, 0.05) is 25.8 Å². The van der Waals surface area contributed by atoms with Gasteiger partial charge < -0.3 is 9.84 Å². The molecular weight excluding hydrogens is 327 g/mol.